The number of aromatic amines is 1. The van der Waals surface area contributed by atoms with Crippen LogP contribution < -0.4 is 17.0 Å². The SMILES string of the molecule is CCS(=O)(=O)c1ccc(Cl)cc1Cn1c(=O)[nH]c2c(Cl)c(CN3CC(N)C3)c(C(F)(F)F)cc2c1=O. The molecule has 3 N–H and O–H groups in total. The van der Waals surface area contributed by atoms with E-state index >= 15 is 0 Å². The molecule has 0 amide bonds. The molecule has 4 rings (SSSR count). The number of rotatable bonds is 6. The average molecular weight is 565 g/mol. The minimum Gasteiger partial charge on any atom is -0.325 e. The number of alkyl halides is 3. The van der Waals surface area contributed by atoms with Crippen molar-refractivity contribution in [2.45, 2.75) is 37.1 Å². The van der Waals surface area contributed by atoms with Gasteiger partial charge in [-0.3, -0.25) is 14.3 Å². The van der Waals surface area contributed by atoms with E-state index in [0.29, 0.717) is 23.7 Å². The minimum atomic E-state index is -4.83. The fraction of sp³-hybridized carbons (Fsp3) is 0.364. The smallest absolute Gasteiger partial charge is 0.325 e. The van der Waals surface area contributed by atoms with E-state index in [2.05, 4.69) is 4.98 Å². The molecule has 1 aliphatic heterocycles. The van der Waals surface area contributed by atoms with Crippen molar-refractivity contribution >= 4 is 43.9 Å². The number of hydrogen-bond donors (Lipinski definition) is 2. The van der Waals surface area contributed by atoms with Gasteiger partial charge in [-0.25, -0.2) is 13.2 Å². The van der Waals surface area contributed by atoms with Gasteiger partial charge in [0.2, 0.25) is 0 Å². The summed E-state index contributed by atoms with van der Waals surface area (Å²) in [5.41, 5.74) is 2.13. The molecule has 0 spiro atoms. The molecule has 0 saturated carbocycles. The van der Waals surface area contributed by atoms with Crippen molar-refractivity contribution in [1.82, 2.24) is 14.5 Å². The van der Waals surface area contributed by atoms with E-state index in [0.717, 1.165) is 0 Å². The number of H-pyrrole nitrogens is 1. The highest BCUT2D eigenvalue weighted by Crippen LogP contribution is 2.39. The zero-order valence-electron chi connectivity index (χ0n) is 18.8. The summed E-state index contributed by atoms with van der Waals surface area (Å²) in [6.45, 7) is 1.49. The van der Waals surface area contributed by atoms with Crippen molar-refractivity contribution in [3.05, 3.63) is 71.8 Å². The molecule has 0 unspecified atom stereocenters. The Labute approximate surface area is 213 Å². The Balaban J connectivity index is 1.91. The number of likely N-dealkylation sites (tertiary alicyclic amines) is 1. The molecule has 0 aliphatic carbocycles. The van der Waals surface area contributed by atoms with E-state index < -0.39 is 49.8 Å². The van der Waals surface area contributed by atoms with Crippen LogP contribution in [0.25, 0.3) is 10.9 Å². The van der Waals surface area contributed by atoms with Crippen LogP contribution in [0.2, 0.25) is 10.0 Å². The van der Waals surface area contributed by atoms with Gasteiger partial charge in [-0.05, 0) is 35.4 Å². The van der Waals surface area contributed by atoms with E-state index in [1.807, 2.05) is 0 Å². The van der Waals surface area contributed by atoms with Gasteiger partial charge < -0.3 is 10.7 Å². The summed E-state index contributed by atoms with van der Waals surface area (Å²) >= 11 is 12.3. The Hall–Kier alpha value is -2.38. The summed E-state index contributed by atoms with van der Waals surface area (Å²) in [5.74, 6) is -0.250. The van der Waals surface area contributed by atoms with E-state index in [4.69, 9.17) is 28.9 Å². The van der Waals surface area contributed by atoms with Gasteiger partial charge >= 0.3 is 11.9 Å². The number of nitrogens with two attached hydrogens (primary N) is 1. The fourth-order valence-electron chi connectivity index (χ4n) is 4.21. The Morgan fingerprint density at radius 1 is 1.14 bits per heavy atom. The van der Waals surface area contributed by atoms with Crippen LogP contribution in [0.4, 0.5) is 13.2 Å². The second-order valence-corrected chi connectivity index (χ2v) is 11.6. The number of nitrogens with one attached hydrogen (secondary N) is 1. The van der Waals surface area contributed by atoms with Gasteiger partial charge in [0.15, 0.2) is 9.84 Å². The molecule has 1 fully saturated rings. The Bertz CT molecular complexity index is 1580. The lowest BCUT2D eigenvalue weighted by atomic mass is 10.0. The highest BCUT2D eigenvalue weighted by Gasteiger charge is 2.37. The van der Waals surface area contributed by atoms with Crippen LogP contribution in [0.1, 0.15) is 23.6 Å². The number of halogens is 5. The number of nitrogens with zero attached hydrogens (tertiary/aromatic N) is 2. The van der Waals surface area contributed by atoms with Crippen LogP contribution in [0.3, 0.4) is 0 Å². The molecule has 1 aromatic heterocycles. The lowest BCUT2D eigenvalue weighted by Gasteiger charge is -2.37. The maximum atomic E-state index is 14.0. The lowest BCUT2D eigenvalue weighted by molar-refractivity contribution is -0.138. The highest BCUT2D eigenvalue weighted by molar-refractivity contribution is 7.91. The van der Waals surface area contributed by atoms with Crippen molar-refractivity contribution in [2.24, 2.45) is 5.73 Å². The van der Waals surface area contributed by atoms with Gasteiger partial charge in [0, 0.05) is 30.7 Å². The van der Waals surface area contributed by atoms with Crippen LogP contribution >= 0.6 is 23.2 Å². The van der Waals surface area contributed by atoms with Crippen LogP contribution in [-0.2, 0) is 29.1 Å². The molecule has 8 nitrogen and oxygen atoms in total. The Kier molecular flexibility index (Phi) is 7.03. The van der Waals surface area contributed by atoms with Gasteiger partial charge in [0.25, 0.3) is 5.56 Å². The molecule has 36 heavy (non-hydrogen) atoms. The van der Waals surface area contributed by atoms with Crippen LogP contribution in [0.5, 0.6) is 0 Å². The molecule has 0 atom stereocenters. The number of benzene rings is 2. The van der Waals surface area contributed by atoms with Gasteiger partial charge in [0.1, 0.15) is 0 Å². The maximum Gasteiger partial charge on any atom is 0.416 e. The number of aromatic nitrogens is 2. The first kappa shape index (κ1) is 26.7. The molecular formula is C22H21Cl2F3N4O4S. The predicted molar refractivity (Wildman–Crippen MR) is 130 cm³/mol. The number of fused-ring (bicyclic) bond motifs is 1. The second-order valence-electron chi connectivity index (χ2n) is 8.57. The number of sulfone groups is 1. The molecule has 0 bridgehead atoms. The first-order chi connectivity index (χ1) is 16.7. The zero-order chi connectivity index (χ0) is 26.6. The van der Waals surface area contributed by atoms with Crippen molar-refractivity contribution in [2.75, 3.05) is 18.8 Å². The van der Waals surface area contributed by atoms with Gasteiger partial charge in [-0.1, -0.05) is 30.1 Å². The third-order valence-electron chi connectivity index (χ3n) is 6.06. The molecule has 14 heteroatoms. The van der Waals surface area contributed by atoms with Crippen molar-refractivity contribution in [3.8, 4) is 0 Å². The lowest BCUT2D eigenvalue weighted by Crippen LogP contribution is -2.55. The van der Waals surface area contributed by atoms with Crippen LogP contribution in [0, 0.1) is 0 Å². The standard InChI is InChI=1S/C22H21Cl2F3N4O4S/c1-2-36(34,35)17-4-3-12(23)5-11(17)7-31-20(32)14-6-16(22(25,26)27)15(10-30-8-13(28)9-30)18(24)19(14)29-21(31)33/h3-6,13H,2,7-10,28H2,1H3,(H,29,33). The third-order valence-corrected chi connectivity index (χ3v) is 8.54. The van der Waals surface area contributed by atoms with Crippen molar-refractivity contribution in [3.63, 3.8) is 0 Å². The van der Waals surface area contributed by atoms with E-state index in [9.17, 15) is 31.2 Å². The summed E-state index contributed by atoms with van der Waals surface area (Å²) < 4.78 is 67.5. The van der Waals surface area contributed by atoms with Gasteiger partial charge in [-0.2, -0.15) is 13.2 Å². The second kappa shape index (κ2) is 9.49. The molecule has 0 radical (unpaired) electrons. The molecule has 3 aromatic rings. The van der Waals surface area contributed by atoms with Crippen molar-refractivity contribution < 1.29 is 21.6 Å². The van der Waals surface area contributed by atoms with E-state index in [-0.39, 0.29) is 44.9 Å². The molecule has 2 aromatic carbocycles. The molecule has 1 aliphatic rings. The Morgan fingerprint density at radius 3 is 2.39 bits per heavy atom. The predicted octanol–water partition coefficient (Wildman–Crippen LogP) is 3.00. The average Bonchev–Trinajstić information content (AvgIpc) is 2.76. The molecule has 194 valence electrons. The summed E-state index contributed by atoms with van der Waals surface area (Å²) in [7, 11) is -3.75. The topological polar surface area (TPSA) is 118 Å². The third kappa shape index (κ3) is 4.92. The fourth-order valence-corrected chi connectivity index (χ4v) is 5.82. The minimum absolute atomic E-state index is 0.0455. The highest BCUT2D eigenvalue weighted by atomic mass is 35.5. The first-order valence-corrected chi connectivity index (χ1v) is 13.2. The van der Waals surface area contributed by atoms with E-state index in [1.165, 1.54) is 25.1 Å². The normalized spacial score (nSPS) is 15.4. The largest absolute Gasteiger partial charge is 0.416 e. The molecule has 1 saturated heterocycles. The van der Waals surface area contributed by atoms with Gasteiger partial charge in [0.05, 0.1) is 38.7 Å². The monoisotopic (exact) mass is 564 g/mol. The first-order valence-electron chi connectivity index (χ1n) is 10.8. The summed E-state index contributed by atoms with van der Waals surface area (Å²) in [5, 5.41) is -0.695. The molecule has 2 heterocycles. The Morgan fingerprint density at radius 2 is 1.81 bits per heavy atom. The summed E-state index contributed by atoms with van der Waals surface area (Å²) in [4.78, 5) is 30.0. The summed E-state index contributed by atoms with van der Waals surface area (Å²) in [6, 6.07) is 4.40. The van der Waals surface area contributed by atoms with Crippen molar-refractivity contribution in [1.29, 1.82) is 0 Å². The quantitative estimate of drug-likeness (QED) is 0.475. The van der Waals surface area contributed by atoms with Crippen LogP contribution in [-0.4, -0.2) is 47.8 Å². The van der Waals surface area contributed by atoms with E-state index in [1.54, 1.807) is 4.90 Å². The van der Waals surface area contributed by atoms with Crippen LogP contribution in [0.15, 0.2) is 38.8 Å². The van der Waals surface area contributed by atoms with Gasteiger partial charge in [-0.15, -0.1) is 0 Å². The number of hydrogen-bond acceptors (Lipinski definition) is 6. The summed E-state index contributed by atoms with van der Waals surface area (Å²) in [6.07, 6.45) is -4.83. The maximum absolute atomic E-state index is 14.0. The zero-order valence-corrected chi connectivity index (χ0v) is 21.2. The molecular weight excluding hydrogens is 544 g/mol.